The molecule has 2 heterocycles. The first kappa shape index (κ1) is 12.5. The van der Waals surface area contributed by atoms with Crippen molar-refractivity contribution >= 4 is 16.7 Å². The van der Waals surface area contributed by atoms with Gasteiger partial charge in [0.05, 0.1) is 11.0 Å². The van der Waals surface area contributed by atoms with Crippen molar-refractivity contribution in [3.05, 3.63) is 24.0 Å². The second-order valence-corrected chi connectivity index (χ2v) is 5.51. The van der Waals surface area contributed by atoms with Crippen LogP contribution in [0.1, 0.15) is 18.7 Å². The molecule has 1 aliphatic rings. The Kier molecular flexibility index (Phi) is 3.42. The Morgan fingerprint density at radius 3 is 3.16 bits per heavy atom. The Bertz CT molecular complexity index is 567. The normalized spacial score (nSPS) is 19.8. The fraction of sp³-hybridized carbons (Fsp3) is 0.533. The van der Waals surface area contributed by atoms with E-state index in [4.69, 9.17) is 0 Å². The van der Waals surface area contributed by atoms with E-state index >= 15 is 0 Å². The molecule has 19 heavy (non-hydrogen) atoms. The first-order valence-corrected chi connectivity index (χ1v) is 7.12. The molecule has 0 radical (unpaired) electrons. The molecule has 1 fully saturated rings. The molecule has 3 rings (SSSR count). The van der Waals surface area contributed by atoms with Crippen molar-refractivity contribution in [2.75, 3.05) is 25.0 Å². The molecular weight excluding hydrogens is 236 g/mol. The van der Waals surface area contributed by atoms with E-state index in [1.807, 2.05) is 6.92 Å². The molecule has 1 aromatic carbocycles. The summed E-state index contributed by atoms with van der Waals surface area (Å²) in [6.07, 6.45) is 2.62. The summed E-state index contributed by atoms with van der Waals surface area (Å²) in [6, 6.07) is 6.45. The third kappa shape index (κ3) is 2.59. The number of rotatable bonds is 3. The molecule has 1 aromatic heterocycles. The smallest absolute Gasteiger partial charge is 0.106 e. The molecule has 4 heteroatoms. The molecule has 1 saturated heterocycles. The number of piperidine rings is 1. The van der Waals surface area contributed by atoms with Crippen LogP contribution in [0.15, 0.2) is 18.2 Å². The van der Waals surface area contributed by atoms with Gasteiger partial charge in [0.1, 0.15) is 5.82 Å². The number of anilines is 1. The first-order chi connectivity index (χ1) is 9.24. The molecule has 4 nitrogen and oxygen atoms in total. The SMILES string of the molecule is Cc1nc2cc(NCC3CCCNC3)ccc2n1C. The summed E-state index contributed by atoms with van der Waals surface area (Å²) >= 11 is 0. The van der Waals surface area contributed by atoms with E-state index in [1.165, 1.54) is 30.6 Å². The maximum absolute atomic E-state index is 4.58. The largest absolute Gasteiger partial charge is 0.385 e. The maximum Gasteiger partial charge on any atom is 0.106 e. The number of aryl methyl sites for hydroxylation is 2. The zero-order chi connectivity index (χ0) is 13.2. The van der Waals surface area contributed by atoms with Gasteiger partial charge in [0.15, 0.2) is 0 Å². The van der Waals surface area contributed by atoms with Crippen LogP contribution in [0.25, 0.3) is 11.0 Å². The Morgan fingerprint density at radius 2 is 2.37 bits per heavy atom. The lowest BCUT2D eigenvalue weighted by atomic mass is 10.00. The van der Waals surface area contributed by atoms with Gasteiger partial charge in [-0.15, -0.1) is 0 Å². The van der Waals surface area contributed by atoms with Crippen LogP contribution in [0, 0.1) is 12.8 Å². The monoisotopic (exact) mass is 258 g/mol. The third-order valence-corrected chi connectivity index (χ3v) is 4.10. The average Bonchev–Trinajstić information content (AvgIpc) is 2.73. The fourth-order valence-electron chi connectivity index (χ4n) is 2.79. The second-order valence-electron chi connectivity index (χ2n) is 5.51. The Balaban J connectivity index is 1.70. The molecule has 0 bridgehead atoms. The van der Waals surface area contributed by atoms with Crippen LogP contribution in [-0.4, -0.2) is 29.2 Å². The number of hydrogen-bond acceptors (Lipinski definition) is 3. The molecule has 2 aromatic rings. The lowest BCUT2D eigenvalue weighted by Crippen LogP contribution is -2.33. The van der Waals surface area contributed by atoms with Crippen LogP contribution >= 0.6 is 0 Å². The molecule has 0 saturated carbocycles. The Morgan fingerprint density at radius 1 is 1.47 bits per heavy atom. The van der Waals surface area contributed by atoms with Crippen LogP contribution in [-0.2, 0) is 7.05 Å². The highest BCUT2D eigenvalue weighted by molar-refractivity contribution is 5.80. The van der Waals surface area contributed by atoms with Gasteiger partial charge in [-0.2, -0.15) is 0 Å². The van der Waals surface area contributed by atoms with E-state index in [9.17, 15) is 0 Å². The number of hydrogen-bond donors (Lipinski definition) is 2. The number of imidazole rings is 1. The van der Waals surface area contributed by atoms with Gasteiger partial charge in [0, 0.05) is 19.3 Å². The van der Waals surface area contributed by atoms with Crippen molar-refractivity contribution < 1.29 is 0 Å². The van der Waals surface area contributed by atoms with E-state index in [0.29, 0.717) is 0 Å². The van der Waals surface area contributed by atoms with Crippen LogP contribution in [0.3, 0.4) is 0 Å². The standard InChI is InChI=1S/C15H22N4/c1-11-18-14-8-13(5-6-15(14)19(11)2)17-10-12-4-3-7-16-9-12/h5-6,8,12,16-17H,3-4,7,9-10H2,1-2H3. The van der Waals surface area contributed by atoms with E-state index in [2.05, 4.69) is 45.4 Å². The fourth-order valence-corrected chi connectivity index (χ4v) is 2.79. The quantitative estimate of drug-likeness (QED) is 0.887. The van der Waals surface area contributed by atoms with Crippen LogP contribution in [0.2, 0.25) is 0 Å². The lowest BCUT2D eigenvalue weighted by molar-refractivity contribution is 0.393. The molecular formula is C15H22N4. The van der Waals surface area contributed by atoms with Crippen molar-refractivity contribution in [3.8, 4) is 0 Å². The number of nitrogens with zero attached hydrogens (tertiary/aromatic N) is 2. The Hall–Kier alpha value is -1.55. The van der Waals surface area contributed by atoms with Crippen molar-refractivity contribution in [1.29, 1.82) is 0 Å². The minimum absolute atomic E-state index is 0.745. The molecule has 1 atom stereocenters. The van der Waals surface area contributed by atoms with Crippen LogP contribution in [0.5, 0.6) is 0 Å². The summed E-state index contributed by atoms with van der Waals surface area (Å²) in [6.45, 7) is 5.40. The van der Waals surface area contributed by atoms with Crippen molar-refractivity contribution in [2.45, 2.75) is 19.8 Å². The average molecular weight is 258 g/mol. The van der Waals surface area contributed by atoms with Gasteiger partial charge in [0.2, 0.25) is 0 Å². The van der Waals surface area contributed by atoms with Crippen molar-refractivity contribution in [2.24, 2.45) is 13.0 Å². The van der Waals surface area contributed by atoms with Gasteiger partial charge >= 0.3 is 0 Å². The zero-order valence-corrected chi connectivity index (χ0v) is 11.7. The Labute approximate surface area is 114 Å². The minimum atomic E-state index is 0.745. The predicted octanol–water partition coefficient (Wildman–Crippen LogP) is 2.29. The summed E-state index contributed by atoms with van der Waals surface area (Å²) < 4.78 is 2.13. The first-order valence-electron chi connectivity index (χ1n) is 7.12. The van der Waals surface area contributed by atoms with Gasteiger partial charge in [-0.3, -0.25) is 0 Å². The van der Waals surface area contributed by atoms with Gasteiger partial charge in [-0.25, -0.2) is 4.98 Å². The van der Waals surface area contributed by atoms with Crippen molar-refractivity contribution in [3.63, 3.8) is 0 Å². The topological polar surface area (TPSA) is 41.9 Å². The number of fused-ring (bicyclic) bond motifs is 1. The van der Waals surface area contributed by atoms with E-state index in [-0.39, 0.29) is 0 Å². The van der Waals surface area contributed by atoms with Gasteiger partial charge < -0.3 is 15.2 Å². The number of nitrogens with one attached hydrogen (secondary N) is 2. The summed E-state index contributed by atoms with van der Waals surface area (Å²) in [7, 11) is 2.06. The number of aromatic nitrogens is 2. The van der Waals surface area contributed by atoms with Gasteiger partial charge in [-0.1, -0.05) is 0 Å². The lowest BCUT2D eigenvalue weighted by Gasteiger charge is -2.23. The van der Waals surface area contributed by atoms with Crippen LogP contribution in [0.4, 0.5) is 5.69 Å². The zero-order valence-electron chi connectivity index (χ0n) is 11.7. The van der Waals surface area contributed by atoms with Gasteiger partial charge in [0.25, 0.3) is 0 Å². The molecule has 0 aliphatic carbocycles. The van der Waals surface area contributed by atoms with E-state index in [0.717, 1.165) is 30.3 Å². The summed E-state index contributed by atoms with van der Waals surface area (Å²) in [5, 5.41) is 7.00. The highest BCUT2D eigenvalue weighted by Gasteiger charge is 2.12. The second kappa shape index (κ2) is 5.21. The molecule has 1 unspecified atom stereocenters. The summed E-state index contributed by atoms with van der Waals surface area (Å²) in [4.78, 5) is 4.58. The highest BCUT2D eigenvalue weighted by Crippen LogP contribution is 2.20. The molecule has 102 valence electrons. The summed E-state index contributed by atoms with van der Waals surface area (Å²) in [5.41, 5.74) is 3.45. The number of benzene rings is 1. The predicted molar refractivity (Wildman–Crippen MR) is 79.5 cm³/mol. The molecule has 0 spiro atoms. The molecule has 2 N–H and O–H groups in total. The minimum Gasteiger partial charge on any atom is -0.385 e. The van der Waals surface area contributed by atoms with E-state index < -0.39 is 0 Å². The molecule has 1 aliphatic heterocycles. The van der Waals surface area contributed by atoms with Gasteiger partial charge in [-0.05, 0) is 57.0 Å². The van der Waals surface area contributed by atoms with E-state index in [1.54, 1.807) is 0 Å². The maximum atomic E-state index is 4.58. The van der Waals surface area contributed by atoms with Crippen LogP contribution < -0.4 is 10.6 Å². The van der Waals surface area contributed by atoms with Crippen molar-refractivity contribution in [1.82, 2.24) is 14.9 Å². The summed E-state index contributed by atoms with van der Waals surface area (Å²) in [5.74, 6) is 1.80. The highest BCUT2D eigenvalue weighted by atomic mass is 15.1. The molecule has 0 amide bonds. The third-order valence-electron chi connectivity index (χ3n) is 4.10.